The van der Waals surface area contributed by atoms with Crippen molar-refractivity contribution in [2.45, 2.75) is 32.9 Å². The lowest BCUT2D eigenvalue weighted by Crippen LogP contribution is -2.36. The topological polar surface area (TPSA) is 42.3 Å². The predicted molar refractivity (Wildman–Crippen MR) is 107 cm³/mol. The molecule has 136 valence electrons. The highest BCUT2D eigenvalue weighted by Gasteiger charge is 2.31. The third kappa shape index (κ3) is 3.31. The number of benzene rings is 2. The van der Waals surface area contributed by atoms with Gasteiger partial charge < -0.3 is 9.47 Å². The first-order valence-electron chi connectivity index (χ1n) is 9.20. The summed E-state index contributed by atoms with van der Waals surface area (Å²) in [5.41, 5.74) is 4.79. The molecule has 2 heterocycles. The average Bonchev–Trinajstić information content (AvgIpc) is 3.00. The SMILES string of the molecule is Cc1ccc(Cn2cc(C(=O)N3c4ccccc4C[C@H]3C)ccc2=O)cc1. The van der Waals surface area contributed by atoms with E-state index in [-0.39, 0.29) is 17.5 Å². The van der Waals surface area contributed by atoms with Crippen LogP contribution < -0.4 is 10.5 Å². The summed E-state index contributed by atoms with van der Waals surface area (Å²) in [5.74, 6) is -0.0647. The molecular weight excluding hydrogens is 336 g/mol. The van der Waals surface area contributed by atoms with E-state index < -0.39 is 0 Å². The van der Waals surface area contributed by atoms with E-state index in [1.807, 2.05) is 54.3 Å². The molecule has 1 atom stereocenters. The molecule has 27 heavy (non-hydrogen) atoms. The van der Waals surface area contributed by atoms with Gasteiger partial charge in [0.1, 0.15) is 0 Å². The van der Waals surface area contributed by atoms with Gasteiger partial charge in [0.05, 0.1) is 12.1 Å². The van der Waals surface area contributed by atoms with Crippen LogP contribution in [0.4, 0.5) is 5.69 Å². The Kier molecular flexibility index (Phi) is 4.40. The molecule has 2 aromatic carbocycles. The highest BCUT2D eigenvalue weighted by molar-refractivity contribution is 6.07. The van der Waals surface area contributed by atoms with Gasteiger partial charge in [0.15, 0.2) is 0 Å². The second-order valence-corrected chi connectivity index (χ2v) is 7.23. The summed E-state index contributed by atoms with van der Waals surface area (Å²) in [6.45, 7) is 4.54. The monoisotopic (exact) mass is 358 g/mol. The van der Waals surface area contributed by atoms with Crippen LogP contribution in [0.15, 0.2) is 71.7 Å². The molecule has 1 amide bonds. The van der Waals surface area contributed by atoms with Gasteiger partial charge in [-0.3, -0.25) is 9.59 Å². The minimum absolute atomic E-state index is 0.0647. The zero-order chi connectivity index (χ0) is 19.0. The number of anilines is 1. The van der Waals surface area contributed by atoms with E-state index in [0.717, 1.165) is 17.7 Å². The summed E-state index contributed by atoms with van der Waals surface area (Å²) in [6, 6.07) is 19.3. The zero-order valence-electron chi connectivity index (χ0n) is 15.6. The van der Waals surface area contributed by atoms with Gasteiger partial charge >= 0.3 is 0 Å². The highest BCUT2D eigenvalue weighted by Crippen LogP contribution is 2.32. The quantitative estimate of drug-likeness (QED) is 0.715. The van der Waals surface area contributed by atoms with Gasteiger partial charge in [-0.1, -0.05) is 48.0 Å². The number of pyridine rings is 1. The van der Waals surface area contributed by atoms with Gasteiger partial charge in [-0.15, -0.1) is 0 Å². The number of aromatic nitrogens is 1. The molecule has 0 bridgehead atoms. The van der Waals surface area contributed by atoms with Gasteiger partial charge in [-0.05, 0) is 43.5 Å². The molecule has 1 aliphatic rings. The second kappa shape index (κ2) is 6.88. The first-order valence-corrected chi connectivity index (χ1v) is 9.20. The zero-order valence-corrected chi connectivity index (χ0v) is 15.6. The molecule has 0 saturated carbocycles. The van der Waals surface area contributed by atoms with Crippen molar-refractivity contribution in [1.82, 2.24) is 4.57 Å². The number of carbonyl (C=O) groups excluding carboxylic acids is 1. The minimum Gasteiger partial charge on any atom is -0.310 e. The lowest BCUT2D eigenvalue weighted by Gasteiger charge is -2.23. The molecule has 0 N–H and O–H groups in total. The van der Waals surface area contributed by atoms with Gasteiger partial charge in [-0.25, -0.2) is 0 Å². The van der Waals surface area contributed by atoms with Crippen molar-refractivity contribution in [2.24, 2.45) is 0 Å². The smallest absolute Gasteiger partial charge is 0.260 e. The number of aryl methyl sites for hydroxylation is 1. The lowest BCUT2D eigenvalue weighted by atomic mass is 10.1. The maximum absolute atomic E-state index is 13.2. The van der Waals surface area contributed by atoms with Crippen molar-refractivity contribution in [2.75, 3.05) is 4.90 Å². The van der Waals surface area contributed by atoms with E-state index in [1.165, 1.54) is 17.2 Å². The Labute approximate surface area is 158 Å². The maximum atomic E-state index is 13.2. The third-order valence-corrected chi connectivity index (χ3v) is 5.13. The molecule has 1 aromatic heterocycles. The van der Waals surface area contributed by atoms with Gasteiger partial charge in [0.2, 0.25) is 0 Å². The van der Waals surface area contributed by atoms with Crippen molar-refractivity contribution in [3.8, 4) is 0 Å². The van der Waals surface area contributed by atoms with Crippen molar-refractivity contribution in [3.63, 3.8) is 0 Å². The largest absolute Gasteiger partial charge is 0.310 e. The van der Waals surface area contributed by atoms with E-state index in [4.69, 9.17) is 0 Å². The molecule has 4 nitrogen and oxygen atoms in total. The number of nitrogens with zero attached hydrogens (tertiary/aromatic N) is 2. The molecule has 0 spiro atoms. The lowest BCUT2D eigenvalue weighted by molar-refractivity contribution is 0.0980. The van der Waals surface area contributed by atoms with Gasteiger partial charge in [0, 0.05) is 24.0 Å². The summed E-state index contributed by atoms with van der Waals surface area (Å²) >= 11 is 0. The Morgan fingerprint density at radius 1 is 1.04 bits per heavy atom. The molecule has 0 aliphatic carbocycles. The van der Waals surface area contributed by atoms with E-state index in [9.17, 15) is 9.59 Å². The first kappa shape index (κ1) is 17.3. The average molecular weight is 358 g/mol. The Morgan fingerprint density at radius 2 is 1.78 bits per heavy atom. The summed E-state index contributed by atoms with van der Waals surface area (Å²) in [5, 5.41) is 0. The van der Waals surface area contributed by atoms with Crippen LogP contribution in [-0.2, 0) is 13.0 Å². The van der Waals surface area contributed by atoms with Crippen molar-refractivity contribution < 1.29 is 4.79 Å². The van der Waals surface area contributed by atoms with Crippen molar-refractivity contribution in [1.29, 1.82) is 0 Å². The Morgan fingerprint density at radius 3 is 2.56 bits per heavy atom. The summed E-state index contributed by atoms with van der Waals surface area (Å²) in [6.07, 6.45) is 2.53. The summed E-state index contributed by atoms with van der Waals surface area (Å²) < 4.78 is 1.60. The van der Waals surface area contributed by atoms with Crippen LogP contribution in [0.25, 0.3) is 0 Å². The summed E-state index contributed by atoms with van der Waals surface area (Å²) in [4.78, 5) is 27.3. The Balaban J connectivity index is 1.65. The van der Waals surface area contributed by atoms with Crippen LogP contribution in [0.3, 0.4) is 0 Å². The molecule has 0 radical (unpaired) electrons. The summed E-state index contributed by atoms with van der Waals surface area (Å²) in [7, 11) is 0. The number of rotatable bonds is 3. The molecule has 0 saturated heterocycles. The Hall–Kier alpha value is -3.14. The van der Waals surface area contributed by atoms with E-state index >= 15 is 0 Å². The standard InChI is InChI=1S/C23H22N2O2/c1-16-7-9-18(10-8-16)14-24-15-20(11-12-22(24)26)23(27)25-17(2)13-19-5-3-4-6-21(19)25/h3-12,15,17H,13-14H2,1-2H3/t17-/m1/s1. The molecule has 3 aromatic rings. The fourth-order valence-electron chi connectivity index (χ4n) is 3.69. The fourth-order valence-corrected chi connectivity index (χ4v) is 3.69. The molecular formula is C23H22N2O2. The fraction of sp³-hybridized carbons (Fsp3) is 0.217. The molecule has 4 heteroatoms. The van der Waals surface area contributed by atoms with Crippen molar-refractivity contribution >= 4 is 11.6 Å². The molecule has 4 rings (SSSR count). The minimum atomic E-state index is -0.109. The van der Waals surface area contributed by atoms with Gasteiger partial charge in [-0.2, -0.15) is 0 Å². The molecule has 0 unspecified atom stereocenters. The number of hydrogen-bond donors (Lipinski definition) is 0. The van der Waals surface area contributed by atoms with E-state index in [0.29, 0.717) is 12.1 Å². The maximum Gasteiger partial charge on any atom is 0.260 e. The highest BCUT2D eigenvalue weighted by atomic mass is 16.2. The number of amides is 1. The Bertz CT molecular complexity index is 1050. The number of carbonyl (C=O) groups is 1. The van der Waals surface area contributed by atoms with Crippen LogP contribution in [0.1, 0.15) is 34.0 Å². The van der Waals surface area contributed by atoms with Crippen LogP contribution in [0.2, 0.25) is 0 Å². The number of para-hydroxylation sites is 1. The second-order valence-electron chi connectivity index (χ2n) is 7.23. The van der Waals surface area contributed by atoms with Crippen molar-refractivity contribution in [3.05, 3.63) is 99.5 Å². The number of fused-ring (bicyclic) bond motifs is 1. The van der Waals surface area contributed by atoms with Crippen LogP contribution in [0, 0.1) is 6.92 Å². The predicted octanol–water partition coefficient (Wildman–Crippen LogP) is 3.80. The normalized spacial score (nSPS) is 15.6. The number of hydrogen-bond acceptors (Lipinski definition) is 2. The third-order valence-electron chi connectivity index (χ3n) is 5.13. The van der Waals surface area contributed by atoms with E-state index in [2.05, 4.69) is 13.0 Å². The van der Waals surface area contributed by atoms with Crippen LogP contribution in [-0.4, -0.2) is 16.5 Å². The molecule has 1 aliphatic heterocycles. The van der Waals surface area contributed by atoms with E-state index in [1.54, 1.807) is 16.8 Å². The van der Waals surface area contributed by atoms with Gasteiger partial charge in [0.25, 0.3) is 11.5 Å². The molecule has 0 fully saturated rings. The first-order chi connectivity index (χ1) is 13.0. The van der Waals surface area contributed by atoms with Crippen LogP contribution in [0.5, 0.6) is 0 Å². The van der Waals surface area contributed by atoms with Crippen LogP contribution >= 0.6 is 0 Å².